The molecule has 0 saturated carbocycles. The number of aromatic nitrogens is 2. The predicted molar refractivity (Wildman–Crippen MR) is 133 cm³/mol. The summed E-state index contributed by atoms with van der Waals surface area (Å²) in [4.78, 5) is 31.9. The summed E-state index contributed by atoms with van der Waals surface area (Å²) in [7, 11) is 3.73. The van der Waals surface area contributed by atoms with Crippen molar-refractivity contribution < 1.29 is 4.79 Å². The summed E-state index contributed by atoms with van der Waals surface area (Å²) in [6.45, 7) is 6.34. The number of thiazole rings is 1. The maximum absolute atomic E-state index is 12.6. The lowest BCUT2D eigenvalue weighted by Gasteiger charge is -2.35. The number of halogens is 1. The number of carbonyl (C=O) groups excluding carboxylic acids is 1. The van der Waals surface area contributed by atoms with E-state index in [4.69, 9.17) is 0 Å². The van der Waals surface area contributed by atoms with Crippen LogP contribution in [-0.2, 0) is 11.3 Å². The van der Waals surface area contributed by atoms with Crippen LogP contribution in [0, 0.1) is 6.92 Å². The molecule has 10 heteroatoms. The SMILES string of the molecule is CN=C(NCCC(=O)N1CCN(c2ccccn2)CC1)N(C)Cc1csc(C)n1.I. The number of hydrogen-bond acceptors (Lipinski definition) is 6. The van der Waals surface area contributed by atoms with Crippen LogP contribution in [0.2, 0.25) is 0 Å². The largest absolute Gasteiger partial charge is 0.356 e. The Morgan fingerprint density at radius 1 is 1.30 bits per heavy atom. The number of nitrogens with zero attached hydrogens (tertiary/aromatic N) is 6. The van der Waals surface area contributed by atoms with Gasteiger partial charge in [0.1, 0.15) is 5.82 Å². The highest BCUT2D eigenvalue weighted by Crippen LogP contribution is 2.13. The van der Waals surface area contributed by atoms with E-state index in [0.29, 0.717) is 19.5 Å². The van der Waals surface area contributed by atoms with Gasteiger partial charge in [0.15, 0.2) is 5.96 Å². The standard InChI is InChI=1S/C20H29N7OS.HI/c1-16-24-17(15-29-16)14-25(3)20(21-2)23-9-7-19(28)27-12-10-26(11-13-27)18-6-4-5-8-22-18;/h4-6,8,15H,7,9-14H2,1-3H3,(H,21,23);1H. The normalized spacial score (nSPS) is 14.3. The molecule has 2 aromatic heterocycles. The number of carbonyl (C=O) groups is 1. The van der Waals surface area contributed by atoms with E-state index in [0.717, 1.165) is 48.7 Å². The van der Waals surface area contributed by atoms with Crippen LogP contribution in [0.3, 0.4) is 0 Å². The van der Waals surface area contributed by atoms with Crippen LogP contribution in [0.1, 0.15) is 17.1 Å². The number of anilines is 1. The molecule has 1 N–H and O–H groups in total. The summed E-state index contributed by atoms with van der Waals surface area (Å²) in [6.07, 6.45) is 2.25. The molecule has 0 aromatic carbocycles. The third-order valence-corrected chi connectivity index (χ3v) is 5.69. The van der Waals surface area contributed by atoms with Crippen molar-refractivity contribution in [1.82, 2.24) is 25.1 Å². The molecule has 0 bridgehead atoms. The van der Waals surface area contributed by atoms with E-state index in [1.54, 1.807) is 24.6 Å². The van der Waals surface area contributed by atoms with E-state index in [2.05, 4.69) is 30.6 Å². The lowest BCUT2D eigenvalue weighted by atomic mass is 10.2. The summed E-state index contributed by atoms with van der Waals surface area (Å²) in [5, 5.41) is 6.41. The van der Waals surface area contributed by atoms with E-state index < -0.39 is 0 Å². The van der Waals surface area contributed by atoms with Gasteiger partial charge in [0.2, 0.25) is 5.91 Å². The molecular weight excluding hydrogens is 513 g/mol. The lowest BCUT2D eigenvalue weighted by molar-refractivity contribution is -0.131. The molecule has 1 fully saturated rings. The number of piperazine rings is 1. The fraction of sp³-hybridized carbons (Fsp3) is 0.500. The molecule has 0 unspecified atom stereocenters. The molecule has 0 radical (unpaired) electrons. The highest BCUT2D eigenvalue weighted by atomic mass is 127. The van der Waals surface area contributed by atoms with Crippen LogP contribution in [0.15, 0.2) is 34.8 Å². The van der Waals surface area contributed by atoms with Gasteiger partial charge in [0.05, 0.1) is 17.2 Å². The zero-order valence-electron chi connectivity index (χ0n) is 17.7. The van der Waals surface area contributed by atoms with E-state index in [9.17, 15) is 4.79 Å². The first-order valence-electron chi connectivity index (χ1n) is 9.83. The third kappa shape index (κ3) is 6.79. The number of guanidine groups is 1. The summed E-state index contributed by atoms with van der Waals surface area (Å²) >= 11 is 1.65. The van der Waals surface area contributed by atoms with Crippen molar-refractivity contribution in [1.29, 1.82) is 0 Å². The Morgan fingerprint density at radius 3 is 2.67 bits per heavy atom. The summed E-state index contributed by atoms with van der Waals surface area (Å²) < 4.78 is 0. The topological polar surface area (TPSA) is 77.0 Å². The number of hydrogen-bond donors (Lipinski definition) is 1. The number of aliphatic imine (C=N–C) groups is 1. The molecule has 2 aromatic rings. The molecule has 8 nitrogen and oxygen atoms in total. The monoisotopic (exact) mass is 543 g/mol. The molecule has 30 heavy (non-hydrogen) atoms. The minimum atomic E-state index is 0. The van der Waals surface area contributed by atoms with Gasteiger partial charge < -0.3 is 20.0 Å². The number of rotatable bonds is 6. The van der Waals surface area contributed by atoms with Crippen molar-refractivity contribution >= 4 is 53.0 Å². The molecule has 1 amide bonds. The molecule has 1 aliphatic heterocycles. The average molecular weight is 543 g/mol. The molecule has 3 heterocycles. The molecular formula is C20H30IN7OS. The Kier molecular flexibility index (Phi) is 9.76. The van der Waals surface area contributed by atoms with Crippen LogP contribution in [0.25, 0.3) is 0 Å². The highest BCUT2D eigenvalue weighted by molar-refractivity contribution is 14.0. The predicted octanol–water partition coefficient (Wildman–Crippen LogP) is 2.21. The van der Waals surface area contributed by atoms with E-state index in [1.165, 1.54) is 0 Å². The molecule has 0 atom stereocenters. The summed E-state index contributed by atoms with van der Waals surface area (Å²) in [5.74, 6) is 1.92. The molecule has 0 aliphatic carbocycles. The maximum atomic E-state index is 12.6. The molecule has 3 rings (SSSR count). The lowest BCUT2D eigenvalue weighted by Crippen LogP contribution is -2.49. The van der Waals surface area contributed by atoms with Gasteiger partial charge in [-0.05, 0) is 19.1 Å². The van der Waals surface area contributed by atoms with Crippen LogP contribution < -0.4 is 10.2 Å². The average Bonchev–Trinajstić information content (AvgIpc) is 3.16. The van der Waals surface area contributed by atoms with Crippen LogP contribution in [0.4, 0.5) is 5.82 Å². The number of pyridine rings is 1. The van der Waals surface area contributed by atoms with Gasteiger partial charge in [0, 0.05) is 64.8 Å². The first-order valence-corrected chi connectivity index (χ1v) is 10.7. The Morgan fingerprint density at radius 2 is 2.07 bits per heavy atom. The van der Waals surface area contributed by atoms with Gasteiger partial charge in [-0.15, -0.1) is 35.3 Å². The molecule has 164 valence electrons. The molecule has 1 saturated heterocycles. The number of nitrogens with one attached hydrogen (secondary N) is 1. The third-order valence-electron chi connectivity index (χ3n) is 4.87. The Bertz CT molecular complexity index is 822. The van der Waals surface area contributed by atoms with E-state index in [-0.39, 0.29) is 29.9 Å². The van der Waals surface area contributed by atoms with Crippen LogP contribution in [-0.4, -0.2) is 78.5 Å². The van der Waals surface area contributed by atoms with Gasteiger partial charge in [-0.2, -0.15) is 0 Å². The number of amides is 1. The van der Waals surface area contributed by atoms with Gasteiger partial charge >= 0.3 is 0 Å². The van der Waals surface area contributed by atoms with E-state index >= 15 is 0 Å². The number of aryl methyl sites for hydroxylation is 1. The second-order valence-electron chi connectivity index (χ2n) is 6.99. The minimum absolute atomic E-state index is 0. The van der Waals surface area contributed by atoms with Gasteiger partial charge in [-0.25, -0.2) is 9.97 Å². The van der Waals surface area contributed by atoms with Crippen molar-refractivity contribution in [3.05, 3.63) is 40.5 Å². The maximum Gasteiger partial charge on any atom is 0.224 e. The minimum Gasteiger partial charge on any atom is -0.356 e. The second kappa shape index (κ2) is 12.0. The van der Waals surface area contributed by atoms with Crippen molar-refractivity contribution in [3.63, 3.8) is 0 Å². The fourth-order valence-corrected chi connectivity index (χ4v) is 3.95. The quantitative estimate of drug-likeness (QED) is 0.342. The van der Waals surface area contributed by atoms with Gasteiger partial charge in [-0.3, -0.25) is 9.79 Å². The fourth-order valence-electron chi connectivity index (χ4n) is 3.35. The van der Waals surface area contributed by atoms with Crippen molar-refractivity contribution in [2.45, 2.75) is 19.9 Å². The Labute approximate surface area is 199 Å². The Hall–Kier alpha value is -1.95. The van der Waals surface area contributed by atoms with Gasteiger partial charge in [0.25, 0.3) is 0 Å². The van der Waals surface area contributed by atoms with Crippen molar-refractivity contribution in [2.24, 2.45) is 4.99 Å². The van der Waals surface area contributed by atoms with Crippen molar-refractivity contribution in [2.75, 3.05) is 51.7 Å². The Balaban J connectivity index is 0.00000320. The van der Waals surface area contributed by atoms with Gasteiger partial charge in [-0.1, -0.05) is 6.07 Å². The summed E-state index contributed by atoms with van der Waals surface area (Å²) in [5.41, 5.74) is 1.03. The highest BCUT2D eigenvalue weighted by Gasteiger charge is 2.21. The summed E-state index contributed by atoms with van der Waals surface area (Å²) in [6, 6.07) is 5.92. The molecule has 0 spiro atoms. The van der Waals surface area contributed by atoms with E-state index in [1.807, 2.05) is 42.0 Å². The zero-order chi connectivity index (χ0) is 20.6. The molecule has 1 aliphatic rings. The van der Waals surface area contributed by atoms with Crippen molar-refractivity contribution in [3.8, 4) is 0 Å². The first kappa shape index (κ1) is 24.3. The smallest absolute Gasteiger partial charge is 0.224 e. The van der Waals surface area contributed by atoms with Crippen LogP contribution >= 0.6 is 35.3 Å². The second-order valence-corrected chi connectivity index (χ2v) is 8.06. The van der Waals surface area contributed by atoms with Crippen LogP contribution in [0.5, 0.6) is 0 Å². The zero-order valence-corrected chi connectivity index (χ0v) is 20.9. The first-order chi connectivity index (χ1) is 14.1.